The number of piperazine rings is 1. The van der Waals surface area contributed by atoms with Crippen molar-refractivity contribution in [2.24, 2.45) is 0 Å². The van der Waals surface area contributed by atoms with E-state index in [1.54, 1.807) is 38.4 Å². The third kappa shape index (κ3) is 3.89. The molecule has 0 aromatic heterocycles. The predicted molar refractivity (Wildman–Crippen MR) is 103 cm³/mol. The molecule has 0 bridgehead atoms. The summed E-state index contributed by atoms with van der Waals surface area (Å²) in [5.41, 5.74) is 2.16. The standard InChI is InChI=1S/C20H22ClN3O2/c1-23(2)19(25)14-6-8-15(9-7-14)20(26)24-11-10-22-13-18(24)16-4-3-5-17(21)12-16/h3-9,12,18,22H,10-11,13H2,1-2H3. The van der Waals surface area contributed by atoms with E-state index in [-0.39, 0.29) is 17.9 Å². The van der Waals surface area contributed by atoms with Gasteiger partial charge in [0.05, 0.1) is 6.04 Å². The first-order valence-corrected chi connectivity index (χ1v) is 8.94. The number of hydrogen-bond acceptors (Lipinski definition) is 3. The Labute approximate surface area is 158 Å². The molecule has 6 heteroatoms. The lowest BCUT2D eigenvalue weighted by Crippen LogP contribution is -2.48. The van der Waals surface area contributed by atoms with Crippen molar-refractivity contribution in [3.8, 4) is 0 Å². The Morgan fingerprint density at radius 1 is 1.12 bits per heavy atom. The average molecular weight is 372 g/mol. The predicted octanol–water partition coefficient (Wildman–Crippen LogP) is 2.83. The molecule has 136 valence electrons. The molecule has 0 spiro atoms. The smallest absolute Gasteiger partial charge is 0.254 e. The number of rotatable bonds is 3. The second kappa shape index (κ2) is 7.89. The van der Waals surface area contributed by atoms with E-state index in [9.17, 15) is 9.59 Å². The molecule has 1 saturated heterocycles. The van der Waals surface area contributed by atoms with Gasteiger partial charge >= 0.3 is 0 Å². The van der Waals surface area contributed by atoms with Gasteiger partial charge in [0.25, 0.3) is 11.8 Å². The lowest BCUT2D eigenvalue weighted by atomic mass is 10.0. The summed E-state index contributed by atoms with van der Waals surface area (Å²) in [4.78, 5) is 28.4. The molecule has 1 N–H and O–H groups in total. The van der Waals surface area contributed by atoms with Crippen molar-refractivity contribution in [1.29, 1.82) is 0 Å². The van der Waals surface area contributed by atoms with Gasteiger partial charge < -0.3 is 15.1 Å². The Hall–Kier alpha value is -2.37. The summed E-state index contributed by atoms with van der Waals surface area (Å²) >= 11 is 6.12. The van der Waals surface area contributed by atoms with Crippen molar-refractivity contribution >= 4 is 23.4 Å². The lowest BCUT2D eigenvalue weighted by Gasteiger charge is -2.36. The summed E-state index contributed by atoms with van der Waals surface area (Å²) in [6.45, 7) is 2.05. The molecular formula is C20H22ClN3O2. The summed E-state index contributed by atoms with van der Waals surface area (Å²) in [7, 11) is 3.41. The Kier molecular flexibility index (Phi) is 5.59. The van der Waals surface area contributed by atoms with Crippen molar-refractivity contribution in [2.75, 3.05) is 33.7 Å². The lowest BCUT2D eigenvalue weighted by molar-refractivity contribution is 0.0633. The van der Waals surface area contributed by atoms with Crippen LogP contribution < -0.4 is 5.32 Å². The van der Waals surface area contributed by atoms with Gasteiger partial charge in [-0.15, -0.1) is 0 Å². The maximum absolute atomic E-state index is 13.1. The zero-order valence-electron chi connectivity index (χ0n) is 14.9. The molecule has 1 aliphatic rings. The Bertz CT molecular complexity index is 805. The number of amides is 2. The van der Waals surface area contributed by atoms with Crippen molar-refractivity contribution in [2.45, 2.75) is 6.04 Å². The number of carbonyl (C=O) groups is 2. The van der Waals surface area contributed by atoms with Crippen molar-refractivity contribution in [1.82, 2.24) is 15.1 Å². The van der Waals surface area contributed by atoms with Crippen LogP contribution in [0.2, 0.25) is 5.02 Å². The average Bonchev–Trinajstić information content (AvgIpc) is 2.67. The highest BCUT2D eigenvalue weighted by molar-refractivity contribution is 6.30. The monoisotopic (exact) mass is 371 g/mol. The molecule has 2 amide bonds. The number of carbonyl (C=O) groups excluding carboxylic acids is 2. The van der Waals surface area contributed by atoms with Crippen LogP contribution in [0.1, 0.15) is 32.3 Å². The molecule has 0 aliphatic carbocycles. The van der Waals surface area contributed by atoms with E-state index in [0.717, 1.165) is 12.1 Å². The molecular weight excluding hydrogens is 350 g/mol. The topological polar surface area (TPSA) is 52.7 Å². The highest BCUT2D eigenvalue weighted by Crippen LogP contribution is 2.26. The zero-order valence-corrected chi connectivity index (χ0v) is 15.7. The Morgan fingerprint density at radius 2 is 1.81 bits per heavy atom. The van der Waals surface area contributed by atoms with Crippen LogP contribution in [0, 0.1) is 0 Å². The summed E-state index contributed by atoms with van der Waals surface area (Å²) in [6.07, 6.45) is 0. The van der Waals surface area contributed by atoms with E-state index in [0.29, 0.717) is 29.2 Å². The van der Waals surface area contributed by atoms with Gasteiger partial charge in [0, 0.05) is 49.9 Å². The Balaban J connectivity index is 1.83. The van der Waals surface area contributed by atoms with Gasteiger partial charge in [0.15, 0.2) is 0 Å². The maximum Gasteiger partial charge on any atom is 0.254 e. The van der Waals surface area contributed by atoms with Gasteiger partial charge in [0.1, 0.15) is 0 Å². The van der Waals surface area contributed by atoms with Gasteiger partial charge in [0.2, 0.25) is 0 Å². The first-order valence-electron chi connectivity index (χ1n) is 8.56. The molecule has 1 atom stereocenters. The number of nitrogens with zero attached hydrogens (tertiary/aromatic N) is 2. The quantitative estimate of drug-likeness (QED) is 0.902. The molecule has 2 aromatic carbocycles. The largest absolute Gasteiger partial charge is 0.345 e. The maximum atomic E-state index is 13.1. The van der Waals surface area contributed by atoms with E-state index >= 15 is 0 Å². The number of halogens is 1. The first kappa shape index (κ1) is 18.4. The SMILES string of the molecule is CN(C)C(=O)c1ccc(C(=O)N2CCNCC2c2cccc(Cl)c2)cc1. The second-order valence-electron chi connectivity index (χ2n) is 6.55. The van der Waals surface area contributed by atoms with Gasteiger partial charge in [-0.1, -0.05) is 23.7 Å². The van der Waals surface area contributed by atoms with E-state index in [1.165, 1.54) is 4.90 Å². The highest BCUT2D eigenvalue weighted by Gasteiger charge is 2.28. The summed E-state index contributed by atoms with van der Waals surface area (Å²) in [5.74, 6) is -0.122. The van der Waals surface area contributed by atoms with Crippen LogP contribution in [0.5, 0.6) is 0 Å². The van der Waals surface area contributed by atoms with E-state index in [4.69, 9.17) is 11.6 Å². The molecule has 1 fully saturated rings. The van der Waals surface area contributed by atoms with Gasteiger partial charge in [-0.3, -0.25) is 9.59 Å². The molecule has 1 heterocycles. The van der Waals surface area contributed by atoms with Gasteiger partial charge in [-0.05, 0) is 42.0 Å². The first-order chi connectivity index (χ1) is 12.5. The molecule has 2 aromatic rings. The highest BCUT2D eigenvalue weighted by atomic mass is 35.5. The van der Waals surface area contributed by atoms with Crippen molar-refractivity contribution in [3.05, 3.63) is 70.2 Å². The number of nitrogens with one attached hydrogen (secondary N) is 1. The minimum atomic E-state index is -0.0806. The second-order valence-corrected chi connectivity index (χ2v) is 6.99. The minimum Gasteiger partial charge on any atom is -0.345 e. The third-order valence-corrected chi connectivity index (χ3v) is 4.76. The minimum absolute atomic E-state index is 0.0414. The number of hydrogen-bond donors (Lipinski definition) is 1. The van der Waals surface area contributed by atoms with Gasteiger partial charge in [-0.25, -0.2) is 0 Å². The molecule has 1 aliphatic heterocycles. The third-order valence-electron chi connectivity index (χ3n) is 4.52. The van der Waals surface area contributed by atoms with Crippen LogP contribution >= 0.6 is 11.6 Å². The zero-order chi connectivity index (χ0) is 18.7. The fourth-order valence-electron chi connectivity index (χ4n) is 3.14. The van der Waals surface area contributed by atoms with Crippen LogP contribution in [0.3, 0.4) is 0 Å². The molecule has 26 heavy (non-hydrogen) atoms. The van der Waals surface area contributed by atoms with Crippen LogP contribution in [-0.4, -0.2) is 55.3 Å². The van der Waals surface area contributed by atoms with Gasteiger partial charge in [-0.2, -0.15) is 0 Å². The summed E-state index contributed by atoms with van der Waals surface area (Å²) in [6, 6.07) is 14.4. The molecule has 0 radical (unpaired) electrons. The van der Waals surface area contributed by atoms with Crippen LogP contribution in [0.15, 0.2) is 48.5 Å². The fraction of sp³-hybridized carbons (Fsp3) is 0.300. The van der Waals surface area contributed by atoms with Crippen molar-refractivity contribution < 1.29 is 9.59 Å². The van der Waals surface area contributed by atoms with E-state index in [2.05, 4.69) is 5.32 Å². The van der Waals surface area contributed by atoms with Crippen LogP contribution in [0.25, 0.3) is 0 Å². The number of benzene rings is 2. The normalized spacial score (nSPS) is 17.0. The van der Waals surface area contributed by atoms with E-state index < -0.39 is 0 Å². The molecule has 1 unspecified atom stereocenters. The Morgan fingerprint density at radius 3 is 2.46 bits per heavy atom. The van der Waals surface area contributed by atoms with E-state index in [1.807, 2.05) is 29.2 Å². The molecule has 0 saturated carbocycles. The summed E-state index contributed by atoms with van der Waals surface area (Å²) in [5, 5.41) is 4.00. The fourth-order valence-corrected chi connectivity index (χ4v) is 3.34. The van der Waals surface area contributed by atoms with Crippen LogP contribution in [0.4, 0.5) is 0 Å². The molecule has 5 nitrogen and oxygen atoms in total. The van der Waals surface area contributed by atoms with Crippen molar-refractivity contribution in [3.63, 3.8) is 0 Å². The summed E-state index contributed by atoms with van der Waals surface area (Å²) < 4.78 is 0. The van der Waals surface area contributed by atoms with Crippen LogP contribution in [-0.2, 0) is 0 Å². The molecule has 3 rings (SSSR count).